The van der Waals surface area contributed by atoms with Crippen molar-refractivity contribution in [3.63, 3.8) is 0 Å². The predicted octanol–water partition coefficient (Wildman–Crippen LogP) is 4.46. The van der Waals surface area contributed by atoms with E-state index in [1.807, 2.05) is 18.2 Å². The van der Waals surface area contributed by atoms with E-state index in [-0.39, 0.29) is 0 Å². The molecule has 0 N–H and O–H groups in total. The van der Waals surface area contributed by atoms with Crippen molar-refractivity contribution in [2.45, 2.75) is 71.1 Å². The molecule has 0 amide bonds. The van der Waals surface area contributed by atoms with Crippen molar-refractivity contribution in [2.75, 3.05) is 0 Å². The fourth-order valence-corrected chi connectivity index (χ4v) is 4.54. The first kappa shape index (κ1) is 17.7. The van der Waals surface area contributed by atoms with Crippen LogP contribution in [0, 0.1) is 0 Å². The fourth-order valence-electron chi connectivity index (χ4n) is 2.25. The number of benzene rings is 1. The van der Waals surface area contributed by atoms with E-state index in [0.717, 1.165) is 12.8 Å². The second-order valence-corrected chi connectivity index (χ2v) is 8.59. The molecule has 0 saturated carbocycles. The molecule has 0 aliphatic rings. The van der Waals surface area contributed by atoms with Crippen molar-refractivity contribution in [2.24, 2.45) is 0 Å². The topological polar surface area (TPSA) is 17.1 Å². The third kappa shape index (κ3) is 9.56. The first-order valence-electron chi connectivity index (χ1n) is 8.08. The number of carbonyl (C=O) groups excluding carboxylic acids is 1. The molecule has 0 aliphatic carbocycles. The number of hydrogen-bond acceptors (Lipinski definition) is 1. The summed E-state index contributed by atoms with van der Waals surface area (Å²) in [5.74, 6) is 0. The molecule has 1 aromatic rings. The Balaban J connectivity index is 1.92. The molecule has 0 spiro atoms. The van der Waals surface area contributed by atoms with Crippen LogP contribution in [-0.4, -0.2) is 24.8 Å². The van der Waals surface area contributed by atoms with Crippen molar-refractivity contribution >= 4 is 28.4 Å². The van der Waals surface area contributed by atoms with Crippen molar-refractivity contribution in [1.82, 2.24) is 0 Å². The van der Waals surface area contributed by atoms with Gasteiger partial charge in [0.1, 0.15) is 0 Å². The molecule has 20 heavy (non-hydrogen) atoms. The van der Waals surface area contributed by atoms with Crippen LogP contribution >= 0.6 is 0 Å². The summed E-state index contributed by atoms with van der Waals surface area (Å²) in [5, 5.41) is 0. The predicted molar refractivity (Wildman–Crippen MR) is 88.7 cm³/mol. The van der Waals surface area contributed by atoms with E-state index in [0.29, 0.717) is 3.83 Å². The summed E-state index contributed by atoms with van der Waals surface area (Å²) in [6.45, 7) is 2.26. The van der Waals surface area contributed by atoms with Gasteiger partial charge < -0.3 is 0 Å². The molecule has 1 aromatic carbocycles. The summed E-state index contributed by atoms with van der Waals surface area (Å²) in [7, 11) is 0. The van der Waals surface area contributed by atoms with Crippen LogP contribution in [0.25, 0.3) is 0 Å². The second kappa shape index (κ2) is 12.4. The number of carbonyl (C=O) groups is 1. The van der Waals surface area contributed by atoms with Gasteiger partial charge >= 0.3 is 135 Å². The summed E-state index contributed by atoms with van der Waals surface area (Å²) in [6, 6.07) is 10.3. The van der Waals surface area contributed by atoms with Gasteiger partial charge in [-0.2, -0.15) is 0 Å². The number of rotatable bonds is 12. The molecule has 0 saturated heterocycles. The van der Waals surface area contributed by atoms with E-state index >= 15 is 0 Å². The van der Waals surface area contributed by atoms with Gasteiger partial charge in [0.2, 0.25) is 0 Å². The summed E-state index contributed by atoms with van der Waals surface area (Å²) in [5.41, 5.74) is 0. The monoisotopic (exact) mass is 390 g/mol. The first-order valence-corrected chi connectivity index (χ1v) is 10.4. The average Bonchev–Trinajstić information content (AvgIpc) is 2.46. The zero-order chi connectivity index (χ0) is 14.5. The van der Waals surface area contributed by atoms with Gasteiger partial charge in [-0.25, -0.2) is 0 Å². The molecule has 112 valence electrons. The number of unbranched alkanes of at least 4 members (excludes halogenated alkanes) is 8. The Morgan fingerprint density at radius 2 is 1.40 bits per heavy atom. The minimum atomic E-state index is -0.597. The van der Waals surface area contributed by atoms with Gasteiger partial charge in [-0.05, 0) is 0 Å². The van der Waals surface area contributed by atoms with E-state index in [1.54, 1.807) is 0 Å². The van der Waals surface area contributed by atoms with E-state index in [9.17, 15) is 4.79 Å². The Morgan fingerprint density at radius 3 is 2.00 bits per heavy atom. The SMILES string of the molecule is CCCCCCCCCCCC(=O)[Te]c1ccccc1. The summed E-state index contributed by atoms with van der Waals surface area (Å²) < 4.78 is 1.79. The van der Waals surface area contributed by atoms with Crippen LogP contribution in [0.2, 0.25) is 0 Å². The fraction of sp³-hybridized carbons (Fsp3) is 0.611. The molecule has 0 atom stereocenters. The van der Waals surface area contributed by atoms with Crippen LogP contribution in [0.1, 0.15) is 71.1 Å². The Kier molecular flexibility index (Phi) is 11.0. The Bertz CT molecular complexity index is 348. The standard InChI is InChI=1S/C18H28OTe/c1-2-3-4-5-6-7-8-9-13-16-18(19)20-17-14-11-10-12-15-17/h10-12,14-15H,2-9,13,16H2,1H3. The molecule has 0 aliphatic heterocycles. The van der Waals surface area contributed by atoms with Crippen molar-refractivity contribution in [3.05, 3.63) is 30.3 Å². The molecule has 2 heteroatoms. The normalized spacial score (nSPS) is 10.7. The zero-order valence-corrected chi connectivity index (χ0v) is 15.1. The Hall–Kier alpha value is -0.320. The zero-order valence-electron chi connectivity index (χ0n) is 12.8. The molecule has 0 radical (unpaired) electrons. The second-order valence-electron chi connectivity index (χ2n) is 5.37. The molecule has 0 heterocycles. The molecular formula is C18H28OTe. The molecule has 1 nitrogen and oxygen atoms in total. The summed E-state index contributed by atoms with van der Waals surface area (Å²) in [6.07, 6.45) is 12.7. The van der Waals surface area contributed by atoms with Crippen LogP contribution < -0.4 is 3.61 Å². The summed E-state index contributed by atoms with van der Waals surface area (Å²) in [4.78, 5) is 11.9. The van der Waals surface area contributed by atoms with Crippen molar-refractivity contribution in [1.29, 1.82) is 0 Å². The summed E-state index contributed by atoms with van der Waals surface area (Å²) >= 11 is -0.597. The molecular weight excluding hydrogens is 360 g/mol. The van der Waals surface area contributed by atoms with Crippen LogP contribution in [0.5, 0.6) is 0 Å². The van der Waals surface area contributed by atoms with Gasteiger partial charge in [0.05, 0.1) is 0 Å². The van der Waals surface area contributed by atoms with Crippen molar-refractivity contribution in [3.8, 4) is 0 Å². The van der Waals surface area contributed by atoms with Gasteiger partial charge in [0.15, 0.2) is 0 Å². The van der Waals surface area contributed by atoms with Gasteiger partial charge in [0, 0.05) is 0 Å². The minimum absolute atomic E-state index is 0.518. The van der Waals surface area contributed by atoms with Gasteiger partial charge in [-0.1, -0.05) is 0 Å². The quantitative estimate of drug-likeness (QED) is 0.382. The maximum absolute atomic E-state index is 11.9. The van der Waals surface area contributed by atoms with Crippen LogP contribution in [0.15, 0.2) is 30.3 Å². The maximum atomic E-state index is 11.9. The molecule has 0 bridgehead atoms. The molecule has 0 fully saturated rings. The third-order valence-electron chi connectivity index (χ3n) is 3.46. The van der Waals surface area contributed by atoms with Crippen molar-refractivity contribution < 1.29 is 4.79 Å². The molecule has 0 unspecified atom stereocenters. The van der Waals surface area contributed by atoms with E-state index in [1.165, 1.54) is 55.0 Å². The van der Waals surface area contributed by atoms with Crippen LogP contribution in [0.4, 0.5) is 0 Å². The van der Waals surface area contributed by atoms with Gasteiger partial charge in [-0.3, -0.25) is 0 Å². The van der Waals surface area contributed by atoms with Crippen LogP contribution in [0.3, 0.4) is 0 Å². The van der Waals surface area contributed by atoms with E-state index in [2.05, 4.69) is 19.1 Å². The molecule has 0 aromatic heterocycles. The Morgan fingerprint density at radius 1 is 0.850 bits per heavy atom. The third-order valence-corrected chi connectivity index (χ3v) is 6.14. The van der Waals surface area contributed by atoms with Gasteiger partial charge in [0.25, 0.3) is 0 Å². The molecule has 1 rings (SSSR count). The Labute approximate surface area is 134 Å². The van der Waals surface area contributed by atoms with Crippen LogP contribution in [-0.2, 0) is 4.79 Å². The van der Waals surface area contributed by atoms with E-state index in [4.69, 9.17) is 0 Å². The first-order chi connectivity index (χ1) is 9.83. The number of hydrogen-bond donors (Lipinski definition) is 0. The average molecular weight is 388 g/mol. The van der Waals surface area contributed by atoms with E-state index < -0.39 is 20.9 Å². The van der Waals surface area contributed by atoms with Gasteiger partial charge in [-0.15, -0.1) is 0 Å².